The van der Waals surface area contributed by atoms with Gasteiger partial charge in [-0.05, 0) is 178 Å². The lowest BCUT2D eigenvalue weighted by molar-refractivity contribution is 0.589. The Kier molecular flexibility index (Phi) is 13.7. The van der Waals surface area contributed by atoms with Crippen molar-refractivity contribution >= 4 is 126 Å². The van der Waals surface area contributed by atoms with E-state index in [-0.39, 0.29) is 29.7 Å². The molecule has 18 rings (SSSR count). The van der Waals surface area contributed by atoms with Crippen molar-refractivity contribution < 1.29 is 4.42 Å². The van der Waals surface area contributed by atoms with Crippen LogP contribution in [0.3, 0.4) is 0 Å². The number of benzene rings is 13. The summed E-state index contributed by atoms with van der Waals surface area (Å²) in [5.41, 5.74) is 32.1. The summed E-state index contributed by atoms with van der Waals surface area (Å²) in [4.78, 5) is 10.5. The summed E-state index contributed by atoms with van der Waals surface area (Å²) in [6.07, 6.45) is 0. The van der Waals surface area contributed by atoms with Crippen LogP contribution in [-0.2, 0) is 16.2 Å². The van der Waals surface area contributed by atoms with Gasteiger partial charge in [0.2, 0.25) is 13.4 Å². The van der Waals surface area contributed by atoms with Crippen LogP contribution in [0, 0.1) is 0 Å². The van der Waals surface area contributed by atoms with Gasteiger partial charge < -0.3 is 14.2 Å². The van der Waals surface area contributed by atoms with Gasteiger partial charge in [0.1, 0.15) is 11.2 Å². The largest absolute Gasteiger partial charge is 0.456 e. The first-order chi connectivity index (χ1) is 47.0. The fourth-order valence-corrected chi connectivity index (χ4v) is 18.3. The average Bonchev–Trinajstić information content (AvgIpc) is 1.01. The lowest BCUT2D eigenvalue weighted by Gasteiger charge is -2.46. The van der Waals surface area contributed by atoms with Crippen LogP contribution in [0.1, 0.15) is 79.0 Å². The van der Waals surface area contributed by atoms with Gasteiger partial charge in [0.25, 0.3) is 0 Å². The summed E-state index contributed by atoms with van der Waals surface area (Å²) in [6, 6.07) is 104. The second-order valence-corrected chi connectivity index (χ2v) is 32.2. The molecule has 4 aliphatic rings. The van der Waals surface area contributed by atoms with Gasteiger partial charge in [0.05, 0.1) is 5.69 Å². The highest BCUT2D eigenvalue weighted by atomic mass is 32.2. The van der Waals surface area contributed by atoms with Gasteiger partial charge in [-0.1, -0.05) is 291 Å². The van der Waals surface area contributed by atoms with E-state index in [4.69, 9.17) is 4.42 Å². The lowest BCUT2D eigenvalue weighted by atomic mass is 9.31. The lowest BCUT2D eigenvalue weighted by Crippen LogP contribution is -2.64. The monoisotopic (exact) mass is 1280 g/mol. The van der Waals surface area contributed by atoms with E-state index < -0.39 is 0 Å². The van der Waals surface area contributed by atoms with Crippen molar-refractivity contribution in [1.29, 1.82) is 0 Å². The van der Waals surface area contributed by atoms with Crippen molar-refractivity contribution in [3.63, 3.8) is 0 Å². The Hall–Kier alpha value is -9.91. The van der Waals surface area contributed by atoms with Crippen LogP contribution in [0.15, 0.2) is 297 Å². The topological polar surface area (TPSA) is 19.6 Å². The van der Waals surface area contributed by atoms with Crippen LogP contribution in [-0.4, -0.2) is 13.4 Å². The van der Waals surface area contributed by atoms with Crippen LogP contribution in [0.2, 0.25) is 0 Å². The second kappa shape index (κ2) is 22.3. The number of para-hydroxylation sites is 1. The Balaban J connectivity index is 0.998. The zero-order chi connectivity index (χ0) is 65.8. The third kappa shape index (κ3) is 9.81. The van der Waals surface area contributed by atoms with Gasteiger partial charge in [0, 0.05) is 69.9 Å². The predicted molar refractivity (Wildman–Crippen MR) is 417 cm³/mol. The molecule has 3 nitrogen and oxygen atoms in total. The minimum Gasteiger partial charge on any atom is -0.456 e. The van der Waals surface area contributed by atoms with Crippen molar-refractivity contribution in [2.75, 3.05) is 9.80 Å². The molecule has 7 heteroatoms. The van der Waals surface area contributed by atoms with Crippen LogP contribution in [0.5, 0.6) is 0 Å². The number of nitrogens with zero attached hydrogens (tertiary/aromatic N) is 2. The highest BCUT2D eigenvalue weighted by Crippen LogP contribution is 2.54. The molecular formula is C90H72B2N2OS2. The Morgan fingerprint density at radius 2 is 0.763 bits per heavy atom. The van der Waals surface area contributed by atoms with Gasteiger partial charge in [0.15, 0.2) is 0 Å². The molecule has 0 aliphatic carbocycles. The number of hydrogen-bond donors (Lipinski definition) is 0. The predicted octanol–water partition coefficient (Wildman–Crippen LogP) is 21.3. The molecule has 0 bridgehead atoms. The molecule has 0 saturated heterocycles. The summed E-state index contributed by atoms with van der Waals surface area (Å²) in [5, 5.41) is 2.25. The summed E-state index contributed by atoms with van der Waals surface area (Å²) in [7, 11) is 0. The standard InChI is InChI=1S/C90H72B2N2OS2/c1-88(2,3)62-39-41-65(42-40-62)93-74-54-75-73(53-72(74)91-70-43-37-59(55-25-14-10-15-26-55)46-80(70)96-82-48-61(45-76(93)85(82)91)66-34-24-36-79-84(66)67-33-22-23-35-78(67)95-79)92-71-44-38-60(56-27-16-11-17-28-56)47-81(71)97-83-52-64(90(7,8)9)51-77(86(83)92)94(75)87-68(57-29-18-12-19-30-57)49-63(89(4,5)6)50-69(87)58-31-20-13-21-32-58/h10-54H,1-9H3. The van der Waals surface area contributed by atoms with E-state index in [1.54, 1.807) is 0 Å². The third-order valence-corrected chi connectivity index (χ3v) is 23.1. The molecule has 0 radical (unpaired) electrons. The van der Waals surface area contributed by atoms with Crippen LogP contribution in [0.25, 0.3) is 77.6 Å². The molecule has 0 atom stereocenters. The maximum atomic E-state index is 6.69. The molecule has 97 heavy (non-hydrogen) atoms. The Labute approximate surface area is 579 Å². The van der Waals surface area contributed by atoms with E-state index in [1.165, 1.54) is 142 Å². The van der Waals surface area contributed by atoms with Gasteiger partial charge in [-0.3, -0.25) is 0 Å². The van der Waals surface area contributed by atoms with Crippen molar-refractivity contribution in [2.24, 2.45) is 0 Å². The van der Waals surface area contributed by atoms with Gasteiger partial charge >= 0.3 is 0 Å². The maximum Gasteiger partial charge on any atom is 0.249 e. The molecule has 0 saturated carbocycles. The van der Waals surface area contributed by atoms with E-state index in [0.717, 1.165) is 38.8 Å². The molecule has 0 unspecified atom stereocenters. The second-order valence-electron chi connectivity index (χ2n) is 30.0. The molecule has 0 spiro atoms. The van der Waals surface area contributed by atoms with E-state index in [2.05, 4.69) is 345 Å². The first kappa shape index (κ1) is 59.6. The summed E-state index contributed by atoms with van der Waals surface area (Å²) in [5.74, 6) is 0. The molecule has 0 amide bonds. The first-order valence-corrected chi connectivity index (χ1v) is 35.8. The van der Waals surface area contributed by atoms with Crippen molar-refractivity contribution in [2.45, 2.75) is 98.1 Å². The number of hydrogen-bond acceptors (Lipinski definition) is 5. The van der Waals surface area contributed by atoms with Crippen molar-refractivity contribution in [3.8, 4) is 55.6 Å². The van der Waals surface area contributed by atoms with Gasteiger partial charge in [-0.15, -0.1) is 0 Å². The van der Waals surface area contributed by atoms with Crippen molar-refractivity contribution in [3.05, 3.63) is 290 Å². The van der Waals surface area contributed by atoms with E-state index >= 15 is 0 Å². The molecule has 466 valence electrons. The minimum atomic E-state index is -0.189. The molecule has 5 heterocycles. The number of fused-ring (bicyclic) bond motifs is 11. The Bertz CT molecular complexity index is 5470. The highest BCUT2D eigenvalue weighted by Gasteiger charge is 2.48. The molecular weight excluding hydrogens is 1210 g/mol. The Morgan fingerprint density at radius 1 is 0.299 bits per heavy atom. The summed E-state index contributed by atoms with van der Waals surface area (Å²) >= 11 is 3.87. The fourth-order valence-electron chi connectivity index (χ4n) is 15.8. The van der Waals surface area contributed by atoms with Crippen LogP contribution in [0.4, 0.5) is 34.1 Å². The quantitative estimate of drug-likeness (QED) is 0.148. The molecule has 4 aliphatic heterocycles. The minimum absolute atomic E-state index is 0.0584. The highest BCUT2D eigenvalue weighted by molar-refractivity contribution is 8.00. The summed E-state index contributed by atoms with van der Waals surface area (Å²) in [6.45, 7) is 21.0. The number of furan rings is 1. The molecule has 1 aromatic heterocycles. The molecule has 0 N–H and O–H groups in total. The first-order valence-electron chi connectivity index (χ1n) is 34.2. The smallest absolute Gasteiger partial charge is 0.249 e. The molecule has 13 aromatic carbocycles. The zero-order valence-electron chi connectivity index (χ0n) is 56.3. The van der Waals surface area contributed by atoms with Gasteiger partial charge in [-0.2, -0.15) is 0 Å². The maximum absolute atomic E-state index is 6.69. The number of anilines is 6. The summed E-state index contributed by atoms with van der Waals surface area (Å²) < 4.78 is 6.69. The Morgan fingerprint density at radius 3 is 1.31 bits per heavy atom. The van der Waals surface area contributed by atoms with Crippen molar-refractivity contribution in [1.82, 2.24) is 0 Å². The van der Waals surface area contributed by atoms with E-state index in [1.807, 2.05) is 23.5 Å². The third-order valence-electron chi connectivity index (χ3n) is 20.8. The molecule has 14 aromatic rings. The molecule has 0 fully saturated rings. The van der Waals surface area contributed by atoms with Gasteiger partial charge in [-0.25, -0.2) is 0 Å². The van der Waals surface area contributed by atoms with Crippen LogP contribution >= 0.6 is 23.5 Å². The number of rotatable bonds is 7. The van der Waals surface area contributed by atoms with Crippen LogP contribution < -0.4 is 42.6 Å². The fraction of sp³-hybridized carbons (Fsp3) is 0.133. The SMILES string of the molecule is CC(C)(C)c1ccc(N2c3cc4c(cc3B3c5ccc(-c6ccccc6)cc5Sc5cc(-c6cccc7oc8ccccc8c67)cc2c53)B2c3ccc(-c5ccccc5)cc3Sc3cc(C(C)(C)C)cc(c32)N4c2c(-c3ccccc3)cc(C(C)(C)C)cc2-c2ccccc2)cc1. The normalized spacial score (nSPS) is 13.7. The van der Waals surface area contributed by atoms with E-state index in [0.29, 0.717) is 0 Å². The average molecular weight is 1280 g/mol. The zero-order valence-corrected chi connectivity index (χ0v) is 57.9. The van der Waals surface area contributed by atoms with E-state index in [9.17, 15) is 0 Å².